The van der Waals surface area contributed by atoms with Crippen LogP contribution in [0.5, 0.6) is 0 Å². The van der Waals surface area contributed by atoms with Crippen LogP contribution in [-0.2, 0) is 0 Å². The molecule has 0 saturated heterocycles. The van der Waals surface area contributed by atoms with Crippen LogP contribution in [0.25, 0.3) is 0 Å². The van der Waals surface area contributed by atoms with E-state index >= 15 is 0 Å². The summed E-state index contributed by atoms with van der Waals surface area (Å²) in [7, 11) is 0.406. The Hall–Kier alpha value is -0.703. The lowest BCUT2D eigenvalue weighted by Gasteiger charge is -2.33. The molecule has 0 aromatic heterocycles. The lowest BCUT2D eigenvalue weighted by molar-refractivity contribution is 0.201. The molecule has 0 N–H and O–H groups in total. The van der Waals surface area contributed by atoms with Crippen LogP contribution in [0, 0.1) is 42.2 Å². The largest absolute Gasteiger partial charge is 0.204 e. The van der Waals surface area contributed by atoms with E-state index < -0.39 is 11.6 Å². The van der Waals surface area contributed by atoms with E-state index in [1.165, 1.54) is 57.8 Å². The van der Waals surface area contributed by atoms with Gasteiger partial charge in [-0.1, -0.05) is 76.5 Å². The fourth-order valence-corrected chi connectivity index (χ4v) is 6.13. The molecule has 0 bridgehead atoms. The molecule has 2 radical (unpaired) electrons. The maximum atomic E-state index is 14.0. The molecule has 0 aliphatic heterocycles. The van der Waals surface area contributed by atoms with Gasteiger partial charge in [-0.2, -0.15) is 0 Å². The monoisotopic (exact) mass is 362 g/mol. The summed E-state index contributed by atoms with van der Waals surface area (Å²) in [4.78, 5) is 0. The third-order valence-electron chi connectivity index (χ3n) is 6.62. The van der Waals surface area contributed by atoms with Gasteiger partial charge in [-0.25, -0.2) is 8.78 Å². The van der Waals surface area contributed by atoms with Crippen LogP contribution >= 0.6 is 0 Å². The van der Waals surface area contributed by atoms with Crippen LogP contribution in [0.1, 0.15) is 70.3 Å². The number of hydrogen-bond donors (Lipinski definition) is 0. The summed E-state index contributed by atoms with van der Waals surface area (Å²) in [6.07, 6.45) is 12.5. The quantitative estimate of drug-likeness (QED) is 0.560. The molecule has 0 spiro atoms. The molecule has 2 fully saturated rings. The second-order valence-corrected chi connectivity index (χ2v) is 9.99. The first-order chi connectivity index (χ1) is 12.0. The van der Waals surface area contributed by atoms with Crippen molar-refractivity contribution in [3.8, 4) is 0 Å². The highest BCUT2D eigenvalue weighted by Crippen LogP contribution is 2.39. The summed E-state index contributed by atoms with van der Waals surface area (Å²) in [5, 5.41) is 0.585. The Morgan fingerprint density at radius 1 is 0.840 bits per heavy atom. The Bertz CT molecular complexity index is 555. The molecule has 3 heteroatoms. The summed E-state index contributed by atoms with van der Waals surface area (Å²) in [5.41, 5.74) is 0.406. The van der Waals surface area contributed by atoms with Crippen LogP contribution in [0.2, 0.25) is 6.04 Å². The van der Waals surface area contributed by atoms with E-state index in [1.54, 1.807) is 19.1 Å². The lowest BCUT2D eigenvalue weighted by Crippen LogP contribution is -2.25. The Morgan fingerprint density at radius 2 is 1.40 bits per heavy atom. The van der Waals surface area contributed by atoms with Crippen molar-refractivity contribution >= 4 is 14.7 Å². The summed E-state index contributed by atoms with van der Waals surface area (Å²) in [5.74, 6) is 2.29. The SMILES string of the molecule is Cc1ccc([Si]CC2CCC(CC3CCC(C)CC3)CC2)c(F)c1F. The fraction of sp³-hybridized carbons (Fsp3) is 0.727. The third kappa shape index (κ3) is 5.15. The average molecular weight is 363 g/mol. The van der Waals surface area contributed by atoms with Gasteiger partial charge in [0.1, 0.15) is 0 Å². The fourth-order valence-electron chi connectivity index (χ4n) is 4.74. The Kier molecular flexibility index (Phi) is 6.71. The zero-order chi connectivity index (χ0) is 17.8. The standard InChI is InChI=1S/C22H32F2Si/c1-15-3-6-17(7-4-15)13-18-8-10-19(11-9-18)14-25-20-12-5-16(2)21(23)22(20)24/h5,12,15,17-19H,3-4,6-11,13-14H2,1-2H3. The second-order valence-electron chi connectivity index (χ2n) is 8.69. The number of aryl methyl sites for hydroxylation is 1. The summed E-state index contributed by atoms with van der Waals surface area (Å²) >= 11 is 0. The highest BCUT2D eigenvalue weighted by atomic mass is 28.2. The van der Waals surface area contributed by atoms with Crippen LogP contribution in [-0.4, -0.2) is 9.52 Å². The molecule has 138 valence electrons. The minimum absolute atomic E-state index is 0.406. The van der Waals surface area contributed by atoms with Crippen LogP contribution in [0.15, 0.2) is 12.1 Å². The molecule has 25 heavy (non-hydrogen) atoms. The zero-order valence-electron chi connectivity index (χ0n) is 15.8. The lowest BCUT2D eigenvalue weighted by atomic mass is 9.74. The number of halogens is 2. The molecule has 2 aliphatic carbocycles. The minimum Gasteiger partial charge on any atom is -0.204 e. The van der Waals surface area contributed by atoms with Gasteiger partial charge in [-0.05, 0) is 47.8 Å². The van der Waals surface area contributed by atoms with Gasteiger partial charge in [0, 0.05) is 0 Å². The van der Waals surface area contributed by atoms with Gasteiger partial charge in [-0.3, -0.25) is 0 Å². The van der Waals surface area contributed by atoms with E-state index in [4.69, 9.17) is 0 Å². The molecule has 1 aromatic rings. The first-order valence-electron chi connectivity index (χ1n) is 10.2. The Morgan fingerprint density at radius 3 is 2.04 bits per heavy atom. The van der Waals surface area contributed by atoms with Gasteiger partial charge in [-0.15, -0.1) is 0 Å². The van der Waals surface area contributed by atoms with Crippen molar-refractivity contribution in [1.82, 2.24) is 0 Å². The predicted octanol–water partition coefficient (Wildman–Crippen LogP) is 6.04. The van der Waals surface area contributed by atoms with Crippen LogP contribution in [0.3, 0.4) is 0 Å². The number of benzene rings is 1. The van der Waals surface area contributed by atoms with Crippen LogP contribution < -0.4 is 5.19 Å². The normalized spacial score (nSPS) is 30.4. The third-order valence-corrected chi connectivity index (χ3v) is 8.17. The molecule has 0 unspecified atom stereocenters. The number of rotatable bonds is 5. The molecule has 0 nitrogen and oxygen atoms in total. The van der Waals surface area contributed by atoms with E-state index in [-0.39, 0.29) is 0 Å². The van der Waals surface area contributed by atoms with Crippen molar-refractivity contribution in [3.63, 3.8) is 0 Å². The maximum absolute atomic E-state index is 14.0. The van der Waals surface area contributed by atoms with E-state index in [0.29, 0.717) is 26.2 Å². The second kappa shape index (κ2) is 8.79. The van der Waals surface area contributed by atoms with Gasteiger partial charge < -0.3 is 0 Å². The van der Waals surface area contributed by atoms with Crippen molar-refractivity contribution in [2.24, 2.45) is 23.7 Å². The highest BCUT2D eigenvalue weighted by Gasteiger charge is 2.26. The molecule has 2 aliphatic rings. The summed E-state index contributed by atoms with van der Waals surface area (Å²) in [6.45, 7) is 4.02. The molecule has 0 amide bonds. The first-order valence-corrected chi connectivity index (χ1v) is 11.4. The predicted molar refractivity (Wildman–Crippen MR) is 102 cm³/mol. The van der Waals surface area contributed by atoms with Crippen molar-refractivity contribution < 1.29 is 8.78 Å². The van der Waals surface area contributed by atoms with Crippen molar-refractivity contribution in [2.75, 3.05) is 0 Å². The van der Waals surface area contributed by atoms with Gasteiger partial charge in [0.25, 0.3) is 0 Å². The van der Waals surface area contributed by atoms with Crippen molar-refractivity contribution in [2.45, 2.75) is 77.7 Å². The van der Waals surface area contributed by atoms with E-state index in [1.807, 2.05) is 0 Å². The van der Waals surface area contributed by atoms with E-state index in [9.17, 15) is 8.78 Å². The molecule has 0 atom stereocenters. The van der Waals surface area contributed by atoms with Crippen LogP contribution in [0.4, 0.5) is 8.78 Å². The van der Waals surface area contributed by atoms with Gasteiger partial charge in [0.15, 0.2) is 11.6 Å². The minimum atomic E-state index is -0.657. The number of hydrogen-bond acceptors (Lipinski definition) is 0. The zero-order valence-corrected chi connectivity index (χ0v) is 16.8. The Balaban J connectivity index is 1.40. The van der Waals surface area contributed by atoms with E-state index in [0.717, 1.165) is 23.8 Å². The van der Waals surface area contributed by atoms with Gasteiger partial charge in [0.2, 0.25) is 0 Å². The van der Waals surface area contributed by atoms with Crippen molar-refractivity contribution in [1.29, 1.82) is 0 Å². The summed E-state index contributed by atoms with van der Waals surface area (Å²) < 4.78 is 27.7. The smallest absolute Gasteiger partial charge is 0.161 e. The Labute approximate surface area is 154 Å². The molecule has 0 heterocycles. The highest BCUT2D eigenvalue weighted by molar-refractivity contribution is 6.53. The topological polar surface area (TPSA) is 0 Å². The van der Waals surface area contributed by atoms with Gasteiger partial charge >= 0.3 is 0 Å². The molecule has 2 saturated carbocycles. The molecular weight excluding hydrogens is 330 g/mol. The average Bonchev–Trinajstić information content (AvgIpc) is 2.62. The summed E-state index contributed by atoms with van der Waals surface area (Å²) in [6, 6.07) is 4.53. The molecule has 1 aromatic carbocycles. The molecular formula is C22H32F2Si. The maximum Gasteiger partial charge on any atom is 0.161 e. The molecule has 3 rings (SSSR count). The van der Waals surface area contributed by atoms with Crippen molar-refractivity contribution in [3.05, 3.63) is 29.3 Å². The van der Waals surface area contributed by atoms with Gasteiger partial charge in [0.05, 0.1) is 9.52 Å². The first kappa shape index (κ1) is 19.1. The van der Waals surface area contributed by atoms with E-state index in [2.05, 4.69) is 6.92 Å².